The molecule has 0 saturated carbocycles. The van der Waals surface area contributed by atoms with Gasteiger partial charge < -0.3 is 20.1 Å². The zero-order valence-electron chi connectivity index (χ0n) is 11.4. The van der Waals surface area contributed by atoms with Gasteiger partial charge in [-0.15, -0.1) is 0 Å². The maximum absolute atomic E-state index is 12.1. The molecular weight excluding hydrogens is 260 g/mol. The van der Waals surface area contributed by atoms with Crippen LogP contribution in [0.5, 0.6) is 0 Å². The quantitative estimate of drug-likeness (QED) is 0.677. The largest absolute Gasteiger partial charge is 0.376 e. The van der Waals surface area contributed by atoms with Crippen LogP contribution >= 0.6 is 0 Å². The van der Waals surface area contributed by atoms with Crippen LogP contribution in [0.4, 0.5) is 5.95 Å². The summed E-state index contributed by atoms with van der Waals surface area (Å²) in [6, 6.07) is 0. The molecule has 7 nitrogen and oxygen atoms in total. The second-order valence-corrected chi connectivity index (χ2v) is 5.04. The predicted molar refractivity (Wildman–Crippen MR) is 74.2 cm³/mol. The van der Waals surface area contributed by atoms with Crippen LogP contribution < -0.4 is 16.2 Å². The molecule has 3 rings (SSSR count). The van der Waals surface area contributed by atoms with Crippen molar-refractivity contribution in [3.8, 4) is 0 Å². The number of hydrogen-bond donors (Lipinski definition) is 3. The first-order valence-corrected chi connectivity index (χ1v) is 7.09. The first-order valence-electron chi connectivity index (χ1n) is 7.09. The van der Waals surface area contributed by atoms with Crippen molar-refractivity contribution in [2.75, 3.05) is 44.8 Å². The van der Waals surface area contributed by atoms with Gasteiger partial charge in [-0.2, -0.15) is 0 Å². The number of hydrogen-bond acceptors (Lipinski definition) is 6. The Balaban J connectivity index is 1.69. The fourth-order valence-corrected chi connectivity index (χ4v) is 2.50. The molecule has 0 bridgehead atoms. The second-order valence-electron chi connectivity index (χ2n) is 5.04. The Morgan fingerprint density at radius 3 is 3.05 bits per heavy atom. The normalized spacial score (nSPS) is 22.9. The Morgan fingerprint density at radius 1 is 1.30 bits per heavy atom. The minimum absolute atomic E-state index is 0.00882. The van der Waals surface area contributed by atoms with E-state index in [-0.39, 0.29) is 11.7 Å². The molecule has 20 heavy (non-hydrogen) atoms. The smallest absolute Gasteiger partial charge is 0.255 e. The summed E-state index contributed by atoms with van der Waals surface area (Å²) >= 11 is 0. The number of nitrogens with one attached hydrogen (secondary N) is 3. The van der Waals surface area contributed by atoms with Crippen molar-refractivity contribution in [1.29, 1.82) is 0 Å². The Morgan fingerprint density at radius 2 is 2.20 bits per heavy atom. The van der Waals surface area contributed by atoms with Crippen LogP contribution in [-0.4, -0.2) is 55.5 Å². The third kappa shape index (κ3) is 3.17. The lowest BCUT2D eigenvalue weighted by Crippen LogP contribution is -2.35. The molecular formula is C13H20N4O3. The van der Waals surface area contributed by atoms with Gasteiger partial charge in [-0.1, -0.05) is 0 Å². The molecule has 1 unspecified atom stereocenters. The molecule has 1 atom stereocenters. The lowest BCUT2D eigenvalue weighted by molar-refractivity contribution is -0.0819. The summed E-state index contributed by atoms with van der Waals surface area (Å²) in [6.45, 7) is 4.12. The van der Waals surface area contributed by atoms with Gasteiger partial charge in [0.2, 0.25) is 5.95 Å². The van der Waals surface area contributed by atoms with Crippen molar-refractivity contribution >= 4 is 5.95 Å². The zero-order chi connectivity index (χ0) is 13.8. The van der Waals surface area contributed by atoms with E-state index < -0.39 is 0 Å². The van der Waals surface area contributed by atoms with E-state index in [0.29, 0.717) is 32.3 Å². The van der Waals surface area contributed by atoms with Gasteiger partial charge in [0.05, 0.1) is 31.6 Å². The van der Waals surface area contributed by atoms with Crippen molar-refractivity contribution in [2.45, 2.75) is 18.9 Å². The Bertz CT molecular complexity index is 511. The van der Waals surface area contributed by atoms with Crippen LogP contribution in [0.3, 0.4) is 0 Å². The summed E-state index contributed by atoms with van der Waals surface area (Å²) in [7, 11) is 0. The Hall–Kier alpha value is -1.44. The average Bonchev–Trinajstić information content (AvgIpc) is 2.72. The molecule has 2 aliphatic heterocycles. The molecule has 1 aromatic rings. The minimum Gasteiger partial charge on any atom is -0.376 e. The molecule has 7 heteroatoms. The van der Waals surface area contributed by atoms with Crippen LogP contribution in [0.1, 0.15) is 11.3 Å². The van der Waals surface area contributed by atoms with E-state index in [2.05, 4.69) is 20.6 Å². The fourth-order valence-electron chi connectivity index (χ4n) is 2.50. The summed E-state index contributed by atoms with van der Waals surface area (Å²) in [5.41, 5.74) is 1.65. The summed E-state index contributed by atoms with van der Waals surface area (Å²) in [6.07, 6.45) is 1.53. The summed E-state index contributed by atoms with van der Waals surface area (Å²) < 4.78 is 10.9. The molecule has 3 N–H and O–H groups in total. The van der Waals surface area contributed by atoms with Crippen LogP contribution in [0, 0.1) is 0 Å². The molecule has 1 fully saturated rings. The van der Waals surface area contributed by atoms with E-state index in [1.54, 1.807) is 0 Å². The monoisotopic (exact) mass is 280 g/mol. The molecule has 2 aliphatic rings. The SMILES string of the molecule is O=c1[nH]c(NCC2COCCO2)nc2c1CCNCC2. The summed E-state index contributed by atoms with van der Waals surface area (Å²) in [4.78, 5) is 19.4. The first kappa shape index (κ1) is 13.5. The van der Waals surface area contributed by atoms with E-state index in [1.165, 1.54) is 0 Å². The average molecular weight is 280 g/mol. The highest BCUT2D eigenvalue weighted by molar-refractivity contribution is 5.31. The van der Waals surface area contributed by atoms with Crippen LogP contribution in [0.2, 0.25) is 0 Å². The van der Waals surface area contributed by atoms with E-state index in [4.69, 9.17) is 9.47 Å². The Kier molecular flexibility index (Phi) is 4.29. The number of aromatic nitrogens is 2. The highest BCUT2D eigenvalue weighted by Gasteiger charge is 2.16. The molecule has 1 aromatic heterocycles. The van der Waals surface area contributed by atoms with Crippen LogP contribution in [0.25, 0.3) is 0 Å². The predicted octanol–water partition coefficient (Wildman–Crippen LogP) is -0.715. The molecule has 0 radical (unpaired) electrons. The van der Waals surface area contributed by atoms with Crippen molar-refractivity contribution in [3.05, 3.63) is 21.6 Å². The highest BCUT2D eigenvalue weighted by Crippen LogP contribution is 2.08. The number of H-pyrrole nitrogens is 1. The minimum atomic E-state index is -0.0398. The maximum atomic E-state index is 12.1. The van der Waals surface area contributed by atoms with Gasteiger partial charge in [-0.05, 0) is 13.0 Å². The standard InChI is InChI=1S/C13H20N4O3/c18-12-10-1-3-14-4-2-11(10)16-13(17-12)15-7-9-8-19-5-6-20-9/h9,14H,1-8H2,(H2,15,16,17,18). The number of ether oxygens (including phenoxy) is 2. The molecule has 0 aromatic carbocycles. The summed E-state index contributed by atoms with van der Waals surface area (Å²) in [5, 5.41) is 6.41. The number of anilines is 1. The maximum Gasteiger partial charge on any atom is 0.255 e. The van der Waals surface area contributed by atoms with E-state index in [9.17, 15) is 4.79 Å². The van der Waals surface area contributed by atoms with E-state index in [1.807, 2.05) is 0 Å². The Labute approximate surface area is 117 Å². The molecule has 3 heterocycles. The number of aromatic amines is 1. The molecule has 0 amide bonds. The van der Waals surface area contributed by atoms with Crippen molar-refractivity contribution in [3.63, 3.8) is 0 Å². The third-order valence-electron chi connectivity index (χ3n) is 3.57. The van der Waals surface area contributed by atoms with Crippen LogP contribution in [-0.2, 0) is 22.3 Å². The number of fused-ring (bicyclic) bond motifs is 1. The molecule has 110 valence electrons. The lowest BCUT2D eigenvalue weighted by Gasteiger charge is -2.23. The topological polar surface area (TPSA) is 88.3 Å². The fraction of sp³-hybridized carbons (Fsp3) is 0.692. The van der Waals surface area contributed by atoms with E-state index in [0.717, 1.165) is 37.2 Å². The van der Waals surface area contributed by atoms with Gasteiger partial charge in [-0.3, -0.25) is 9.78 Å². The van der Waals surface area contributed by atoms with Gasteiger partial charge >= 0.3 is 0 Å². The third-order valence-corrected chi connectivity index (χ3v) is 3.57. The first-order chi connectivity index (χ1) is 9.83. The van der Waals surface area contributed by atoms with E-state index >= 15 is 0 Å². The molecule has 1 saturated heterocycles. The van der Waals surface area contributed by atoms with Gasteiger partial charge in [0.1, 0.15) is 0 Å². The van der Waals surface area contributed by atoms with Crippen molar-refractivity contribution in [1.82, 2.24) is 15.3 Å². The van der Waals surface area contributed by atoms with Gasteiger partial charge in [0, 0.05) is 25.1 Å². The molecule has 0 spiro atoms. The van der Waals surface area contributed by atoms with Crippen molar-refractivity contribution in [2.24, 2.45) is 0 Å². The van der Waals surface area contributed by atoms with Gasteiger partial charge in [0.15, 0.2) is 0 Å². The van der Waals surface area contributed by atoms with Crippen molar-refractivity contribution < 1.29 is 9.47 Å². The lowest BCUT2D eigenvalue weighted by atomic mass is 10.1. The molecule has 0 aliphatic carbocycles. The zero-order valence-corrected chi connectivity index (χ0v) is 11.4. The number of rotatable bonds is 3. The second kappa shape index (κ2) is 6.34. The highest BCUT2D eigenvalue weighted by atomic mass is 16.6. The van der Waals surface area contributed by atoms with Gasteiger partial charge in [-0.25, -0.2) is 4.98 Å². The van der Waals surface area contributed by atoms with Crippen LogP contribution in [0.15, 0.2) is 4.79 Å². The number of nitrogens with zero attached hydrogens (tertiary/aromatic N) is 1. The summed E-state index contributed by atoms with van der Waals surface area (Å²) in [5.74, 6) is 0.518. The van der Waals surface area contributed by atoms with Gasteiger partial charge in [0.25, 0.3) is 5.56 Å².